The number of methoxy groups -OCH3 is 1. The normalized spacial score (nSPS) is 17.1. The number of esters is 1. The van der Waals surface area contributed by atoms with Gasteiger partial charge in [0, 0.05) is 4.47 Å². The minimum Gasteiger partial charge on any atom is -0.465 e. The first-order chi connectivity index (χ1) is 14.4. The summed E-state index contributed by atoms with van der Waals surface area (Å²) in [6, 6.07) is 10.1. The van der Waals surface area contributed by atoms with Crippen molar-refractivity contribution in [1.82, 2.24) is 0 Å². The molecule has 2 aromatic carbocycles. The van der Waals surface area contributed by atoms with Crippen molar-refractivity contribution in [3.05, 3.63) is 62.6 Å². The highest BCUT2D eigenvalue weighted by atomic mass is 79.9. The Bertz CT molecular complexity index is 968. The maximum atomic E-state index is 12.1. The fourth-order valence-corrected chi connectivity index (χ4v) is 4.37. The minimum atomic E-state index is -0.516. The van der Waals surface area contributed by atoms with Gasteiger partial charge in [0.05, 0.1) is 23.9 Å². The van der Waals surface area contributed by atoms with Crippen LogP contribution in [0.1, 0.15) is 66.7 Å². The molecule has 0 aliphatic carbocycles. The molecule has 0 saturated carbocycles. The summed E-state index contributed by atoms with van der Waals surface area (Å²) in [5.74, 6) is -0.358. The summed E-state index contributed by atoms with van der Waals surface area (Å²) in [6.45, 7) is 12.4. The first-order valence-electron chi connectivity index (χ1n) is 10.8. The van der Waals surface area contributed by atoms with Gasteiger partial charge in [-0.1, -0.05) is 39.7 Å². The predicted molar refractivity (Wildman–Crippen MR) is 129 cm³/mol. The van der Waals surface area contributed by atoms with Crippen molar-refractivity contribution in [2.24, 2.45) is 0 Å². The summed E-state index contributed by atoms with van der Waals surface area (Å²) < 4.78 is 18.7. The van der Waals surface area contributed by atoms with Crippen molar-refractivity contribution >= 4 is 34.5 Å². The van der Waals surface area contributed by atoms with E-state index in [0.29, 0.717) is 5.56 Å². The van der Waals surface area contributed by atoms with Crippen molar-refractivity contribution in [3.63, 3.8) is 0 Å². The molecule has 1 aliphatic heterocycles. The summed E-state index contributed by atoms with van der Waals surface area (Å²) in [7, 11) is 0.879. The van der Waals surface area contributed by atoms with Crippen molar-refractivity contribution < 1.29 is 18.8 Å². The van der Waals surface area contributed by atoms with Crippen LogP contribution in [0.2, 0.25) is 0 Å². The molecule has 0 atom stereocenters. The zero-order valence-corrected chi connectivity index (χ0v) is 21.2. The zero-order valence-electron chi connectivity index (χ0n) is 19.6. The molecule has 0 spiro atoms. The maximum Gasteiger partial charge on any atom is 0.495 e. The number of halogens is 1. The van der Waals surface area contributed by atoms with Crippen LogP contribution in [0, 0.1) is 13.8 Å². The number of aryl methyl sites for hydroxylation is 4. The second-order valence-corrected chi connectivity index (χ2v) is 10.2. The number of rotatable bonds is 6. The third kappa shape index (κ3) is 5.07. The van der Waals surface area contributed by atoms with E-state index in [1.54, 1.807) is 0 Å². The Morgan fingerprint density at radius 2 is 1.61 bits per heavy atom. The van der Waals surface area contributed by atoms with Gasteiger partial charge in [0.15, 0.2) is 0 Å². The highest BCUT2D eigenvalue weighted by Gasteiger charge is 2.52. The summed E-state index contributed by atoms with van der Waals surface area (Å²) in [5.41, 5.74) is 5.51. The Balaban J connectivity index is 1.86. The van der Waals surface area contributed by atoms with Gasteiger partial charge in [-0.05, 0) is 95.1 Å². The Kier molecular flexibility index (Phi) is 7.04. The molecule has 6 heteroatoms. The van der Waals surface area contributed by atoms with E-state index in [9.17, 15) is 4.79 Å². The first-order valence-corrected chi connectivity index (χ1v) is 11.6. The molecular weight excluding hydrogens is 455 g/mol. The number of carbonyl (C=O) groups is 1. The lowest BCUT2D eigenvalue weighted by atomic mass is 9.74. The fraction of sp³-hybridized carbons (Fsp3) is 0.480. The maximum absolute atomic E-state index is 12.1. The van der Waals surface area contributed by atoms with Gasteiger partial charge in [-0.3, -0.25) is 0 Å². The third-order valence-electron chi connectivity index (χ3n) is 6.44. The van der Waals surface area contributed by atoms with E-state index in [2.05, 4.69) is 41.9 Å². The minimum absolute atomic E-state index is 0.358. The summed E-state index contributed by atoms with van der Waals surface area (Å²) in [4.78, 5) is 12.1. The van der Waals surface area contributed by atoms with Crippen molar-refractivity contribution in [1.29, 1.82) is 0 Å². The highest BCUT2D eigenvalue weighted by molar-refractivity contribution is 9.10. The molecule has 0 bridgehead atoms. The fourth-order valence-electron chi connectivity index (χ4n) is 3.95. The van der Waals surface area contributed by atoms with Crippen molar-refractivity contribution in [2.45, 2.75) is 72.0 Å². The molecule has 4 nitrogen and oxygen atoms in total. The second kappa shape index (κ2) is 9.09. The van der Waals surface area contributed by atoms with Gasteiger partial charge in [0.2, 0.25) is 0 Å². The van der Waals surface area contributed by atoms with Gasteiger partial charge in [-0.25, -0.2) is 4.79 Å². The summed E-state index contributed by atoms with van der Waals surface area (Å²) >= 11 is 3.74. The lowest BCUT2D eigenvalue weighted by molar-refractivity contribution is 0.00578. The molecule has 0 radical (unpaired) electrons. The molecule has 1 fully saturated rings. The van der Waals surface area contributed by atoms with Crippen molar-refractivity contribution in [3.8, 4) is 0 Å². The predicted octanol–water partition coefficient (Wildman–Crippen LogP) is 5.33. The van der Waals surface area contributed by atoms with Crippen molar-refractivity contribution in [2.75, 3.05) is 7.11 Å². The van der Waals surface area contributed by atoms with Gasteiger partial charge in [0.25, 0.3) is 0 Å². The average molecular weight is 487 g/mol. The topological polar surface area (TPSA) is 44.8 Å². The molecule has 1 aliphatic rings. The van der Waals surface area contributed by atoms with Gasteiger partial charge < -0.3 is 14.0 Å². The second-order valence-electron chi connectivity index (χ2n) is 9.40. The van der Waals surface area contributed by atoms with Crippen LogP contribution in [0.5, 0.6) is 0 Å². The van der Waals surface area contributed by atoms with E-state index in [1.165, 1.54) is 28.3 Å². The zero-order chi connectivity index (χ0) is 23.0. The lowest BCUT2D eigenvalue weighted by Gasteiger charge is -2.32. The molecule has 0 aromatic heterocycles. The molecule has 1 saturated heterocycles. The molecule has 2 aromatic rings. The Hall–Kier alpha value is -1.63. The molecule has 0 unspecified atom stereocenters. The molecular formula is C25H32BBrO4. The highest BCUT2D eigenvalue weighted by Crippen LogP contribution is 2.37. The Labute approximate surface area is 194 Å². The van der Waals surface area contributed by atoms with E-state index < -0.39 is 18.3 Å². The van der Waals surface area contributed by atoms with Gasteiger partial charge in [-0.2, -0.15) is 0 Å². The quantitative estimate of drug-likeness (QED) is 0.409. The van der Waals surface area contributed by atoms with Gasteiger partial charge in [-0.15, -0.1) is 0 Å². The number of benzene rings is 2. The van der Waals surface area contributed by atoms with E-state index >= 15 is 0 Å². The van der Waals surface area contributed by atoms with E-state index in [-0.39, 0.29) is 5.97 Å². The standard InChI is InChI=1S/C25H32BBrO4/c1-16-13-17(2)22(27)19(14-16)10-8-9-18-11-12-20(23(28)29-7)15-21(18)26-30-24(3,4)25(5,6)31-26/h11-15H,8-10H2,1-7H3. The number of hydrogen-bond donors (Lipinski definition) is 0. The monoisotopic (exact) mass is 486 g/mol. The molecule has 1 heterocycles. The largest absolute Gasteiger partial charge is 0.495 e. The van der Waals surface area contributed by atoms with E-state index in [1.807, 2.05) is 45.9 Å². The Morgan fingerprint density at radius 1 is 1.00 bits per heavy atom. The molecule has 0 N–H and O–H groups in total. The average Bonchev–Trinajstić information content (AvgIpc) is 2.92. The van der Waals surface area contributed by atoms with Crippen LogP contribution >= 0.6 is 15.9 Å². The van der Waals surface area contributed by atoms with Crippen LogP contribution in [-0.2, 0) is 26.9 Å². The molecule has 0 amide bonds. The number of ether oxygens (including phenoxy) is 1. The van der Waals surface area contributed by atoms with Gasteiger partial charge in [0.1, 0.15) is 0 Å². The van der Waals surface area contributed by atoms with Crippen LogP contribution in [0.25, 0.3) is 0 Å². The third-order valence-corrected chi connectivity index (χ3v) is 7.58. The van der Waals surface area contributed by atoms with Crippen LogP contribution in [-0.4, -0.2) is 31.4 Å². The van der Waals surface area contributed by atoms with Crippen LogP contribution in [0.3, 0.4) is 0 Å². The molecule has 31 heavy (non-hydrogen) atoms. The van der Waals surface area contributed by atoms with E-state index in [4.69, 9.17) is 14.0 Å². The smallest absolute Gasteiger partial charge is 0.465 e. The van der Waals surface area contributed by atoms with Crippen LogP contribution < -0.4 is 5.46 Å². The number of hydrogen-bond acceptors (Lipinski definition) is 4. The molecule has 166 valence electrons. The summed E-state index contributed by atoms with van der Waals surface area (Å²) in [5, 5.41) is 0. The summed E-state index contributed by atoms with van der Waals surface area (Å²) in [6.07, 6.45) is 2.80. The van der Waals surface area contributed by atoms with Crippen LogP contribution in [0.15, 0.2) is 34.8 Å². The lowest BCUT2D eigenvalue weighted by Crippen LogP contribution is -2.41. The Morgan fingerprint density at radius 3 is 2.23 bits per heavy atom. The van der Waals surface area contributed by atoms with E-state index in [0.717, 1.165) is 30.3 Å². The SMILES string of the molecule is COC(=O)c1ccc(CCCc2cc(C)cc(C)c2Br)c(B2OC(C)(C)C(C)(C)O2)c1. The first kappa shape index (κ1) is 24.0. The number of carbonyl (C=O) groups excluding carboxylic acids is 1. The molecule has 3 rings (SSSR count). The van der Waals surface area contributed by atoms with Crippen LogP contribution in [0.4, 0.5) is 0 Å². The van der Waals surface area contributed by atoms with Gasteiger partial charge >= 0.3 is 13.1 Å².